The van der Waals surface area contributed by atoms with Crippen LogP contribution in [0.1, 0.15) is 5.56 Å². The number of hydrogen-bond donors (Lipinski definition) is 1. The molecular weight excluding hydrogens is 204 g/mol. The molecule has 4 nitrogen and oxygen atoms in total. The van der Waals surface area contributed by atoms with Crippen molar-refractivity contribution in [2.75, 3.05) is 19.4 Å². The van der Waals surface area contributed by atoms with E-state index in [0.29, 0.717) is 6.42 Å². The molecule has 1 aliphatic rings. The fraction of sp³-hybridized carbons (Fsp3) is 0.333. The van der Waals surface area contributed by atoms with Crippen LogP contribution in [0.4, 0.5) is 5.69 Å². The predicted molar refractivity (Wildman–Crippen MR) is 61.0 cm³/mol. The molecular formula is C12H14N2O2. The maximum absolute atomic E-state index is 11.8. The summed E-state index contributed by atoms with van der Waals surface area (Å²) >= 11 is 0. The number of anilines is 1. The average Bonchev–Trinajstić information content (AvgIpc) is 2.27. The Labute approximate surface area is 94.2 Å². The van der Waals surface area contributed by atoms with E-state index in [4.69, 9.17) is 0 Å². The molecule has 1 aromatic carbocycles. The quantitative estimate of drug-likeness (QED) is 0.711. The second kappa shape index (κ2) is 3.96. The smallest absolute Gasteiger partial charge is 0.237 e. The zero-order valence-electron chi connectivity index (χ0n) is 9.36. The van der Waals surface area contributed by atoms with Crippen LogP contribution in [-0.2, 0) is 16.0 Å². The second-order valence-electron chi connectivity index (χ2n) is 4.14. The van der Waals surface area contributed by atoms with Gasteiger partial charge in [0.2, 0.25) is 11.8 Å². The van der Waals surface area contributed by atoms with E-state index in [2.05, 4.69) is 5.32 Å². The van der Waals surface area contributed by atoms with E-state index in [9.17, 15) is 9.59 Å². The van der Waals surface area contributed by atoms with Gasteiger partial charge >= 0.3 is 0 Å². The highest BCUT2D eigenvalue weighted by Gasteiger charge is 2.32. The first-order valence-electron chi connectivity index (χ1n) is 5.19. The summed E-state index contributed by atoms with van der Waals surface area (Å²) in [6.45, 7) is 0. The van der Waals surface area contributed by atoms with Crippen LogP contribution >= 0.6 is 0 Å². The van der Waals surface area contributed by atoms with Gasteiger partial charge in [0.05, 0.1) is 0 Å². The third kappa shape index (κ3) is 1.78. The molecule has 0 saturated carbocycles. The molecule has 0 bridgehead atoms. The largest absolute Gasteiger partial charge is 0.348 e. The Balaban J connectivity index is 2.28. The highest BCUT2D eigenvalue weighted by molar-refractivity contribution is 6.08. The van der Waals surface area contributed by atoms with E-state index in [1.807, 2.05) is 24.3 Å². The van der Waals surface area contributed by atoms with Crippen LogP contribution in [0, 0.1) is 5.92 Å². The Hall–Kier alpha value is -1.84. The molecule has 2 amide bonds. The van der Waals surface area contributed by atoms with Crippen molar-refractivity contribution in [2.45, 2.75) is 6.42 Å². The van der Waals surface area contributed by atoms with Gasteiger partial charge in [0.1, 0.15) is 5.92 Å². The van der Waals surface area contributed by atoms with Crippen LogP contribution in [0.25, 0.3) is 0 Å². The minimum atomic E-state index is -0.593. The first kappa shape index (κ1) is 10.7. The maximum atomic E-state index is 11.8. The molecule has 1 aromatic rings. The maximum Gasteiger partial charge on any atom is 0.237 e. The summed E-state index contributed by atoms with van der Waals surface area (Å²) < 4.78 is 0. The number of carbonyl (C=O) groups excluding carboxylic acids is 2. The van der Waals surface area contributed by atoms with E-state index in [0.717, 1.165) is 11.3 Å². The van der Waals surface area contributed by atoms with Crippen molar-refractivity contribution in [1.29, 1.82) is 0 Å². The molecule has 84 valence electrons. The zero-order valence-corrected chi connectivity index (χ0v) is 9.36. The Kier molecular flexibility index (Phi) is 2.64. The number of nitrogens with zero attached hydrogens (tertiary/aromatic N) is 1. The van der Waals surface area contributed by atoms with Gasteiger partial charge in [-0.3, -0.25) is 9.59 Å². The van der Waals surface area contributed by atoms with Crippen LogP contribution in [0.2, 0.25) is 0 Å². The number of amides is 2. The van der Waals surface area contributed by atoms with Gasteiger partial charge in [-0.15, -0.1) is 0 Å². The van der Waals surface area contributed by atoms with E-state index < -0.39 is 5.92 Å². The first-order chi connectivity index (χ1) is 7.59. The summed E-state index contributed by atoms with van der Waals surface area (Å²) in [4.78, 5) is 25.0. The van der Waals surface area contributed by atoms with Gasteiger partial charge in [-0.1, -0.05) is 18.2 Å². The van der Waals surface area contributed by atoms with E-state index in [1.54, 1.807) is 14.1 Å². The standard InChI is InChI=1S/C12H14N2O2/c1-14(2)12(16)9-7-8-5-3-4-6-10(8)13-11(9)15/h3-6,9H,7H2,1-2H3,(H,13,15). The van der Waals surface area contributed by atoms with Crippen molar-refractivity contribution in [3.8, 4) is 0 Å². The van der Waals surface area contributed by atoms with Gasteiger partial charge in [0.15, 0.2) is 0 Å². The van der Waals surface area contributed by atoms with Crippen LogP contribution < -0.4 is 5.32 Å². The van der Waals surface area contributed by atoms with Crippen LogP contribution in [0.3, 0.4) is 0 Å². The molecule has 4 heteroatoms. The van der Waals surface area contributed by atoms with Gasteiger partial charge in [0, 0.05) is 19.8 Å². The molecule has 0 aromatic heterocycles. The van der Waals surface area contributed by atoms with Gasteiger partial charge < -0.3 is 10.2 Å². The first-order valence-corrected chi connectivity index (χ1v) is 5.19. The molecule has 1 aliphatic heterocycles. The number of fused-ring (bicyclic) bond motifs is 1. The van der Waals surface area contributed by atoms with Crippen molar-refractivity contribution >= 4 is 17.5 Å². The Morgan fingerprint density at radius 2 is 2.06 bits per heavy atom. The number of para-hydroxylation sites is 1. The zero-order chi connectivity index (χ0) is 11.7. The highest BCUT2D eigenvalue weighted by atomic mass is 16.2. The summed E-state index contributed by atoms with van der Waals surface area (Å²) in [5, 5.41) is 2.76. The number of nitrogens with one attached hydrogen (secondary N) is 1. The van der Waals surface area contributed by atoms with E-state index in [1.165, 1.54) is 4.90 Å². The van der Waals surface area contributed by atoms with Crippen LogP contribution in [-0.4, -0.2) is 30.8 Å². The summed E-state index contributed by atoms with van der Waals surface area (Å²) in [6.07, 6.45) is 0.485. The molecule has 0 saturated heterocycles. The molecule has 0 spiro atoms. The van der Waals surface area contributed by atoms with Crippen molar-refractivity contribution in [1.82, 2.24) is 4.90 Å². The molecule has 1 unspecified atom stereocenters. The van der Waals surface area contributed by atoms with Crippen LogP contribution in [0.15, 0.2) is 24.3 Å². The normalized spacial score (nSPS) is 18.6. The lowest BCUT2D eigenvalue weighted by atomic mass is 9.92. The SMILES string of the molecule is CN(C)C(=O)C1Cc2ccccc2NC1=O. The van der Waals surface area contributed by atoms with Gasteiger partial charge in [-0.25, -0.2) is 0 Å². The molecule has 0 fully saturated rings. The third-order valence-electron chi connectivity index (χ3n) is 2.75. The Bertz CT molecular complexity index is 440. The lowest BCUT2D eigenvalue weighted by Crippen LogP contribution is -2.41. The van der Waals surface area contributed by atoms with Gasteiger partial charge in [-0.05, 0) is 18.1 Å². The minimum Gasteiger partial charge on any atom is -0.348 e. The molecule has 1 N–H and O–H groups in total. The van der Waals surface area contributed by atoms with Crippen molar-refractivity contribution in [2.24, 2.45) is 5.92 Å². The lowest BCUT2D eigenvalue weighted by molar-refractivity contribution is -0.138. The monoisotopic (exact) mass is 218 g/mol. The fourth-order valence-electron chi connectivity index (χ4n) is 1.86. The van der Waals surface area contributed by atoms with E-state index >= 15 is 0 Å². The number of benzene rings is 1. The summed E-state index contributed by atoms with van der Waals surface area (Å²) in [5.41, 5.74) is 1.83. The average molecular weight is 218 g/mol. The van der Waals surface area contributed by atoms with Crippen molar-refractivity contribution < 1.29 is 9.59 Å². The molecule has 0 radical (unpaired) electrons. The molecule has 1 heterocycles. The number of carbonyl (C=O) groups is 2. The molecule has 1 atom stereocenters. The summed E-state index contributed by atoms with van der Waals surface area (Å²) in [6, 6.07) is 7.56. The third-order valence-corrected chi connectivity index (χ3v) is 2.75. The minimum absolute atomic E-state index is 0.146. The van der Waals surface area contributed by atoms with Gasteiger partial charge in [-0.2, -0.15) is 0 Å². The van der Waals surface area contributed by atoms with Crippen molar-refractivity contribution in [3.05, 3.63) is 29.8 Å². The summed E-state index contributed by atoms with van der Waals surface area (Å²) in [7, 11) is 3.33. The lowest BCUT2D eigenvalue weighted by Gasteiger charge is -2.25. The molecule has 0 aliphatic carbocycles. The Morgan fingerprint density at radius 3 is 2.75 bits per heavy atom. The topological polar surface area (TPSA) is 49.4 Å². The summed E-state index contributed by atoms with van der Waals surface area (Å²) in [5.74, 6) is -0.950. The van der Waals surface area contributed by atoms with Crippen molar-refractivity contribution in [3.63, 3.8) is 0 Å². The predicted octanol–water partition coefficient (Wildman–Crippen LogP) is 0.886. The molecule has 2 rings (SSSR count). The Morgan fingerprint density at radius 1 is 1.38 bits per heavy atom. The van der Waals surface area contributed by atoms with Gasteiger partial charge in [0.25, 0.3) is 0 Å². The fourth-order valence-corrected chi connectivity index (χ4v) is 1.86. The molecule has 16 heavy (non-hydrogen) atoms. The van der Waals surface area contributed by atoms with E-state index in [-0.39, 0.29) is 11.8 Å². The number of rotatable bonds is 1. The van der Waals surface area contributed by atoms with Crippen LogP contribution in [0.5, 0.6) is 0 Å². The number of hydrogen-bond acceptors (Lipinski definition) is 2. The highest BCUT2D eigenvalue weighted by Crippen LogP contribution is 2.25. The second-order valence-corrected chi connectivity index (χ2v) is 4.14.